The van der Waals surface area contributed by atoms with Crippen LogP contribution in [0.2, 0.25) is 0 Å². The van der Waals surface area contributed by atoms with Gasteiger partial charge < -0.3 is 0 Å². The van der Waals surface area contributed by atoms with Gasteiger partial charge in [0.05, 0.1) is 4.83 Å². The molecule has 2 aromatic rings. The molecule has 1 aromatic carbocycles. The molecule has 0 fully saturated rings. The second-order valence-electron chi connectivity index (χ2n) is 6.70. The number of rotatable bonds is 2. The Morgan fingerprint density at radius 1 is 1.05 bits per heavy atom. The molecule has 1 unspecified atom stereocenters. The molecule has 0 aliphatic heterocycles. The van der Waals surface area contributed by atoms with Gasteiger partial charge in [0.15, 0.2) is 0 Å². The number of alkyl halides is 1. The van der Waals surface area contributed by atoms with Crippen LogP contribution in [0.3, 0.4) is 0 Å². The number of benzene rings is 1. The van der Waals surface area contributed by atoms with Crippen molar-refractivity contribution in [3.05, 3.63) is 56.8 Å². The van der Waals surface area contributed by atoms with Crippen LogP contribution in [-0.4, -0.2) is 0 Å². The maximum absolute atomic E-state index is 3.89. The van der Waals surface area contributed by atoms with E-state index >= 15 is 0 Å². The Bertz CT molecular complexity index is 619. The van der Waals surface area contributed by atoms with Gasteiger partial charge in [0.25, 0.3) is 0 Å². The fourth-order valence-corrected chi connectivity index (χ4v) is 4.60. The lowest BCUT2D eigenvalue weighted by Gasteiger charge is -2.16. The molecule has 1 aliphatic rings. The second-order valence-corrected chi connectivity index (χ2v) is 8.73. The number of thiophene rings is 1. The van der Waals surface area contributed by atoms with Crippen LogP contribution in [0.4, 0.5) is 0 Å². The average Bonchev–Trinajstić information content (AvgIpc) is 3.05. The third-order valence-electron chi connectivity index (χ3n) is 4.03. The lowest BCUT2D eigenvalue weighted by molar-refractivity contribution is 0.604. The highest BCUT2D eigenvalue weighted by molar-refractivity contribution is 9.09. The highest BCUT2D eigenvalue weighted by atomic mass is 79.9. The van der Waals surface area contributed by atoms with E-state index in [0.717, 1.165) is 0 Å². The van der Waals surface area contributed by atoms with Gasteiger partial charge in [-0.3, -0.25) is 0 Å². The van der Waals surface area contributed by atoms with Crippen LogP contribution in [0.1, 0.15) is 58.5 Å². The number of halogens is 1. The van der Waals surface area contributed by atoms with Crippen LogP contribution in [0.15, 0.2) is 30.3 Å². The van der Waals surface area contributed by atoms with E-state index in [1.165, 1.54) is 34.6 Å². The number of hydrogen-bond acceptors (Lipinski definition) is 1. The number of fused-ring (bicyclic) bond motifs is 1. The van der Waals surface area contributed by atoms with E-state index in [9.17, 15) is 0 Å². The van der Waals surface area contributed by atoms with E-state index in [4.69, 9.17) is 0 Å². The second kappa shape index (κ2) is 5.31. The van der Waals surface area contributed by atoms with Crippen LogP contribution in [0, 0.1) is 0 Å². The van der Waals surface area contributed by atoms with Crippen LogP contribution in [-0.2, 0) is 18.3 Å². The summed E-state index contributed by atoms with van der Waals surface area (Å²) < 4.78 is 0. The summed E-state index contributed by atoms with van der Waals surface area (Å²) in [5.41, 5.74) is 4.75. The molecule has 0 radical (unpaired) electrons. The van der Waals surface area contributed by atoms with Gasteiger partial charge in [-0.15, -0.1) is 11.3 Å². The average molecular weight is 349 g/mol. The Morgan fingerprint density at radius 3 is 2.50 bits per heavy atom. The highest BCUT2D eigenvalue weighted by Crippen LogP contribution is 2.39. The first-order valence-electron chi connectivity index (χ1n) is 7.31. The monoisotopic (exact) mass is 348 g/mol. The van der Waals surface area contributed by atoms with Crippen molar-refractivity contribution in [3.63, 3.8) is 0 Å². The smallest absolute Gasteiger partial charge is 0.0738 e. The summed E-state index contributed by atoms with van der Waals surface area (Å²) in [5.74, 6) is 0. The van der Waals surface area contributed by atoms with E-state index in [1.807, 2.05) is 11.3 Å². The largest absolute Gasteiger partial charge is 0.143 e. The lowest BCUT2D eigenvalue weighted by Crippen LogP contribution is -2.07. The lowest BCUT2D eigenvalue weighted by atomic mass is 9.95. The quantitative estimate of drug-likeness (QED) is 0.582. The van der Waals surface area contributed by atoms with E-state index < -0.39 is 0 Å². The van der Waals surface area contributed by atoms with Crippen molar-refractivity contribution in [1.29, 1.82) is 0 Å². The molecule has 1 aromatic heterocycles. The molecule has 0 amide bonds. The fourth-order valence-electron chi connectivity index (χ4n) is 2.81. The van der Waals surface area contributed by atoms with E-state index in [2.05, 4.69) is 67.0 Å². The van der Waals surface area contributed by atoms with Gasteiger partial charge in [0.2, 0.25) is 0 Å². The minimum atomic E-state index is 0.244. The molecule has 0 N–H and O–H groups in total. The number of hydrogen-bond donors (Lipinski definition) is 0. The van der Waals surface area contributed by atoms with Gasteiger partial charge in [-0.1, -0.05) is 54.9 Å². The molecular weight excluding hydrogens is 328 g/mol. The van der Waals surface area contributed by atoms with Gasteiger partial charge in [-0.05, 0) is 53.5 Å². The van der Waals surface area contributed by atoms with Crippen molar-refractivity contribution >= 4 is 27.3 Å². The zero-order chi connectivity index (χ0) is 14.3. The SMILES string of the molecule is CC(C)(C)c1ccc(C(Br)c2ccc3c(c2)CCC3)s1. The predicted octanol–water partition coefficient (Wildman–Crippen LogP) is 6.02. The molecule has 2 heteroatoms. The van der Waals surface area contributed by atoms with Gasteiger partial charge in [0, 0.05) is 9.75 Å². The molecular formula is C18H21BrS. The Kier molecular flexibility index (Phi) is 3.81. The van der Waals surface area contributed by atoms with Crippen LogP contribution in [0.5, 0.6) is 0 Å². The predicted molar refractivity (Wildman–Crippen MR) is 92.3 cm³/mol. The van der Waals surface area contributed by atoms with Gasteiger partial charge in [0.1, 0.15) is 0 Å². The molecule has 1 atom stereocenters. The molecule has 0 spiro atoms. The summed E-state index contributed by atoms with van der Waals surface area (Å²) >= 11 is 5.82. The van der Waals surface area contributed by atoms with Gasteiger partial charge in [-0.2, -0.15) is 0 Å². The van der Waals surface area contributed by atoms with Crippen LogP contribution >= 0.6 is 27.3 Å². The van der Waals surface area contributed by atoms with Crippen molar-refractivity contribution in [2.75, 3.05) is 0 Å². The summed E-state index contributed by atoms with van der Waals surface area (Å²) in [6.07, 6.45) is 3.83. The maximum atomic E-state index is 3.89. The molecule has 106 valence electrons. The Hall–Kier alpha value is -0.600. The minimum Gasteiger partial charge on any atom is -0.143 e. The highest BCUT2D eigenvalue weighted by Gasteiger charge is 2.20. The molecule has 1 aliphatic carbocycles. The summed E-state index contributed by atoms with van der Waals surface area (Å²) in [6.45, 7) is 6.84. The summed E-state index contributed by atoms with van der Waals surface area (Å²) in [7, 11) is 0. The topological polar surface area (TPSA) is 0 Å². The van der Waals surface area contributed by atoms with Crippen molar-refractivity contribution in [2.24, 2.45) is 0 Å². The first-order valence-corrected chi connectivity index (χ1v) is 9.04. The first-order chi connectivity index (χ1) is 9.45. The van der Waals surface area contributed by atoms with E-state index in [0.29, 0.717) is 4.83 Å². The third kappa shape index (κ3) is 2.73. The van der Waals surface area contributed by atoms with Crippen molar-refractivity contribution < 1.29 is 0 Å². The first kappa shape index (κ1) is 14.3. The van der Waals surface area contributed by atoms with Crippen molar-refractivity contribution in [1.82, 2.24) is 0 Å². The maximum Gasteiger partial charge on any atom is 0.0738 e. The number of aryl methyl sites for hydroxylation is 2. The van der Waals surface area contributed by atoms with E-state index in [1.54, 1.807) is 11.1 Å². The standard InChI is InChI=1S/C18H21BrS/c1-18(2,3)16-10-9-15(20-16)17(19)14-8-7-12-5-4-6-13(12)11-14/h7-11,17H,4-6H2,1-3H3. The summed E-state index contributed by atoms with van der Waals surface area (Å²) in [5, 5.41) is 0. The molecule has 1 heterocycles. The molecule has 3 rings (SSSR count). The molecule has 0 saturated heterocycles. The fraction of sp³-hybridized carbons (Fsp3) is 0.444. The van der Waals surface area contributed by atoms with Crippen molar-refractivity contribution in [3.8, 4) is 0 Å². The van der Waals surface area contributed by atoms with Gasteiger partial charge in [-0.25, -0.2) is 0 Å². The summed E-state index contributed by atoms with van der Waals surface area (Å²) in [4.78, 5) is 3.19. The molecule has 0 nitrogen and oxygen atoms in total. The minimum absolute atomic E-state index is 0.244. The Balaban J connectivity index is 1.89. The Labute approximate surface area is 134 Å². The van der Waals surface area contributed by atoms with Crippen molar-refractivity contribution in [2.45, 2.75) is 50.3 Å². The van der Waals surface area contributed by atoms with E-state index in [-0.39, 0.29) is 5.41 Å². The van der Waals surface area contributed by atoms with Crippen LogP contribution in [0.25, 0.3) is 0 Å². The normalized spacial score (nSPS) is 16.2. The Morgan fingerprint density at radius 2 is 1.80 bits per heavy atom. The summed E-state index contributed by atoms with van der Waals surface area (Å²) in [6, 6.07) is 11.6. The van der Waals surface area contributed by atoms with Crippen LogP contribution < -0.4 is 0 Å². The third-order valence-corrected chi connectivity index (χ3v) is 6.93. The molecule has 20 heavy (non-hydrogen) atoms. The molecule has 0 bridgehead atoms. The zero-order valence-corrected chi connectivity index (χ0v) is 14.8. The zero-order valence-electron chi connectivity index (χ0n) is 12.4. The molecule has 0 saturated carbocycles. The van der Waals surface area contributed by atoms with Gasteiger partial charge >= 0.3 is 0 Å².